The summed E-state index contributed by atoms with van der Waals surface area (Å²) >= 11 is 0. The van der Waals surface area contributed by atoms with Crippen LogP contribution in [0.15, 0.2) is 4.99 Å². The quantitative estimate of drug-likeness (QED) is 0.696. The highest BCUT2D eigenvalue weighted by atomic mass is 16.5. The van der Waals surface area contributed by atoms with E-state index in [2.05, 4.69) is 24.2 Å². The first kappa shape index (κ1) is 9.00. The third-order valence-electron chi connectivity index (χ3n) is 2.57. The van der Waals surface area contributed by atoms with E-state index in [1.807, 2.05) is 0 Å². The van der Waals surface area contributed by atoms with Crippen LogP contribution in [0, 0.1) is 5.92 Å². The van der Waals surface area contributed by atoms with Gasteiger partial charge in [0.1, 0.15) is 12.1 Å². The Balaban J connectivity index is 1.93. The predicted octanol–water partition coefficient (Wildman–Crippen LogP) is 1.19. The maximum absolute atomic E-state index is 5.79. The van der Waals surface area contributed by atoms with Crippen molar-refractivity contribution in [3.63, 3.8) is 0 Å². The number of aliphatic imine (C=N–C) groups is 1. The van der Waals surface area contributed by atoms with Gasteiger partial charge in [0.25, 0.3) is 0 Å². The lowest BCUT2D eigenvalue weighted by Crippen LogP contribution is -2.41. The summed E-state index contributed by atoms with van der Waals surface area (Å²) < 4.78 is 5.79. The molecule has 13 heavy (non-hydrogen) atoms. The van der Waals surface area contributed by atoms with E-state index < -0.39 is 0 Å². The molecule has 2 atom stereocenters. The van der Waals surface area contributed by atoms with Gasteiger partial charge in [0.15, 0.2) is 5.90 Å². The summed E-state index contributed by atoms with van der Waals surface area (Å²) in [5.74, 6) is 1.63. The maximum Gasteiger partial charge on any atom is 0.184 e. The van der Waals surface area contributed by atoms with Crippen LogP contribution in [-0.2, 0) is 4.74 Å². The molecule has 1 saturated heterocycles. The number of ether oxygens (including phenoxy) is 1. The lowest BCUT2D eigenvalue weighted by atomic mass is 10.1. The topological polar surface area (TPSA) is 33.6 Å². The summed E-state index contributed by atoms with van der Waals surface area (Å²) in [5.41, 5.74) is 0. The molecule has 2 rings (SSSR count). The van der Waals surface area contributed by atoms with Crippen molar-refractivity contribution < 1.29 is 4.74 Å². The van der Waals surface area contributed by atoms with Gasteiger partial charge in [-0.15, -0.1) is 0 Å². The second-order valence-electron chi connectivity index (χ2n) is 4.34. The van der Waals surface area contributed by atoms with E-state index in [1.54, 1.807) is 0 Å². The van der Waals surface area contributed by atoms with Crippen LogP contribution in [0.5, 0.6) is 0 Å². The fourth-order valence-electron chi connectivity index (χ4n) is 1.92. The summed E-state index contributed by atoms with van der Waals surface area (Å²) in [4.78, 5) is 4.58. The number of fused-ring (bicyclic) bond motifs is 1. The Bertz CT molecular complexity index is 213. The molecule has 0 saturated carbocycles. The maximum atomic E-state index is 5.79. The van der Waals surface area contributed by atoms with Crippen LogP contribution in [0.25, 0.3) is 0 Å². The van der Waals surface area contributed by atoms with Gasteiger partial charge >= 0.3 is 0 Å². The molecule has 3 nitrogen and oxygen atoms in total. The van der Waals surface area contributed by atoms with Crippen LogP contribution in [0.4, 0.5) is 0 Å². The molecule has 0 radical (unpaired) electrons. The standard InChI is InChI=1S/C10H18N2O/c1-7(2)5-10-12-8-6-11-4-3-9(8)13-10/h7-9,11H,3-6H2,1-2H3. The summed E-state index contributed by atoms with van der Waals surface area (Å²) in [6, 6.07) is 0.391. The second kappa shape index (κ2) is 3.66. The first-order valence-electron chi connectivity index (χ1n) is 5.20. The minimum Gasteiger partial charge on any atom is -0.475 e. The smallest absolute Gasteiger partial charge is 0.184 e. The molecule has 2 aliphatic heterocycles. The summed E-state index contributed by atoms with van der Waals surface area (Å²) in [7, 11) is 0. The first-order chi connectivity index (χ1) is 6.25. The van der Waals surface area contributed by atoms with E-state index in [0.717, 1.165) is 31.8 Å². The average Bonchev–Trinajstić information content (AvgIpc) is 2.44. The SMILES string of the molecule is CC(C)CC1=NC2CNCCC2O1. The first-order valence-corrected chi connectivity index (χ1v) is 5.20. The monoisotopic (exact) mass is 182 g/mol. The Kier molecular flexibility index (Phi) is 2.54. The molecule has 0 aliphatic carbocycles. The van der Waals surface area contributed by atoms with Crippen molar-refractivity contribution in [1.82, 2.24) is 5.32 Å². The van der Waals surface area contributed by atoms with Crippen LogP contribution < -0.4 is 5.32 Å². The van der Waals surface area contributed by atoms with Gasteiger partial charge in [-0.3, -0.25) is 0 Å². The largest absolute Gasteiger partial charge is 0.475 e. The third-order valence-corrected chi connectivity index (χ3v) is 2.57. The molecule has 0 aromatic heterocycles. The van der Waals surface area contributed by atoms with E-state index in [-0.39, 0.29) is 0 Å². The molecule has 0 amide bonds. The molecule has 74 valence electrons. The molecule has 3 heteroatoms. The van der Waals surface area contributed by atoms with E-state index in [1.165, 1.54) is 0 Å². The van der Waals surface area contributed by atoms with Gasteiger partial charge in [-0.05, 0) is 18.9 Å². The summed E-state index contributed by atoms with van der Waals surface area (Å²) in [5, 5.41) is 3.34. The highest BCUT2D eigenvalue weighted by Gasteiger charge is 2.32. The zero-order valence-corrected chi connectivity index (χ0v) is 8.42. The van der Waals surface area contributed by atoms with Gasteiger partial charge in [0.05, 0.1) is 0 Å². The Morgan fingerprint density at radius 3 is 3.15 bits per heavy atom. The van der Waals surface area contributed by atoms with Gasteiger partial charge in [0, 0.05) is 13.0 Å². The van der Waals surface area contributed by atoms with E-state index >= 15 is 0 Å². The number of hydrogen-bond acceptors (Lipinski definition) is 3. The predicted molar refractivity (Wildman–Crippen MR) is 53.0 cm³/mol. The molecule has 2 unspecified atom stereocenters. The molecule has 0 spiro atoms. The normalized spacial score (nSPS) is 32.7. The molecule has 0 aromatic rings. The second-order valence-corrected chi connectivity index (χ2v) is 4.34. The van der Waals surface area contributed by atoms with Gasteiger partial charge in [-0.2, -0.15) is 0 Å². The van der Waals surface area contributed by atoms with Gasteiger partial charge < -0.3 is 10.1 Å². The van der Waals surface area contributed by atoms with E-state index in [9.17, 15) is 0 Å². The van der Waals surface area contributed by atoms with Crippen LogP contribution in [-0.4, -0.2) is 31.1 Å². The Labute approximate surface area is 79.6 Å². The zero-order valence-electron chi connectivity index (χ0n) is 8.42. The van der Waals surface area contributed by atoms with Crippen molar-refractivity contribution in [2.45, 2.75) is 38.8 Å². The van der Waals surface area contributed by atoms with Crippen molar-refractivity contribution in [3.8, 4) is 0 Å². The van der Waals surface area contributed by atoms with Crippen molar-refractivity contribution in [2.75, 3.05) is 13.1 Å². The van der Waals surface area contributed by atoms with Crippen LogP contribution in [0.2, 0.25) is 0 Å². The minimum atomic E-state index is 0.370. The molecule has 1 fully saturated rings. The Morgan fingerprint density at radius 1 is 1.62 bits per heavy atom. The van der Waals surface area contributed by atoms with Crippen molar-refractivity contribution >= 4 is 5.90 Å². The third kappa shape index (κ3) is 2.02. The molecule has 0 bridgehead atoms. The molecule has 0 aromatic carbocycles. The van der Waals surface area contributed by atoms with Gasteiger partial charge in [0.2, 0.25) is 0 Å². The fourth-order valence-corrected chi connectivity index (χ4v) is 1.92. The van der Waals surface area contributed by atoms with Gasteiger partial charge in [-0.1, -0.05) is 13.8 Å². The van der Waals surface area contributed by atoms with Gasteiger partial charge in [-0.25, -0.2) is 4.99 Å². The molecule has 2 heterocycles. The average molecular weight is 182 g/mol. The number of nitrogens with zero attached hydrogens (tertiary/aromatic N) is 1. The highest BCUT2D eigenvalue weighted by molar-refractivity contribution is 5.78. The Hall–Kier alpha value is -0.570. The molecular weight excluding hydrogens is 164 g/mol. The number of rotatable bonds is 2. The number of piperidine rings is 1. The number of nitrogens with one attached hydrogen (secondary N) is 1. The zero-order chi connectivity index (χ0) is 9.26. The van der Waals surface area contributed by atoms with Crippen molar-refractivity contribution in [1.29, 1.82) is 0 Å². The van der Waals surface area contributed by atoms with Crippen LogP contribution in [0.1, 0.15) is 26.7 Å². The van der Waals surface area contributed by atoms with Crippen LogP contribution in [0.3, 0.4) is 0 Å². The Morgan fingerprint density at radius 2 is 2.46 bits per heavy atom. The lowest BCUT2D eigenvalue weighted by molar-refractivity contribution is 0.156. The number of hydrogen-bond donors (Lipinski definition) is 1. The van der Waals surface area contributed by atoms with Crippen molar-refractivity contribution in [3.05, 3.63) is 0 Å². The summed E-state index contributed by atoms with van der Waals surface area (Å²) in [6.45, 7) is 6.47. The summed E-state index contributed by atoms with van der Waals surface area (Å²) in [6.07, 6.45) is 2.47. The highest BCUT2D eigenvalue weighted by Crippen LogP contribution is 2.21. The molecular formula is C10H18N2O. The molecule has 2 aliphatic rings. The van der Waals surface area contributed by atoms with E-state index in [0.29, 0.717) is 18.1 Å². The lowest BCUT2D eigenvalue weighted by Gasteiger charge is -2.23. The van der Waals surface area contributed by atoms with Crippen LogP contribution >= 0.6 is 0 Å². The molecule has 1 N–H and O–H groups in total. The van der Waals surface area contributed by atoms with Crippen molar-refractivity contribution in [2.24, 2.45) is 10.9 Å². The fraction of sp³-hybridized carbons (Fsp3) is 0.900. The minimum absolute atomic E-state index is 0.370. The van der Waals surface area contributed by atoms with E-state index in [4.69, 9.17) is 4.74 Å².